The number of hydrogen-bond acceptors (Lipinski definition) is 3. The van der Waals surface area contributed by atoms with E-state index >= 15 is 0 Å². The molecular formula is C14H21ClN2S. The van der Waals surface area contributed by atoms with Gasteiger partial charge in [0, 0.05) is 36.9 Å². The molecule has 4 heteroatoms. The first kappa shape index (κ1) is 14.0. The lowest BCUT2D eigenvalue weighted by Gasteiger charge is -2.36. The maximum Gasteiger partial charge on any atom is 0.0426 e. The molecule has 0 amide bonds. The van der Waals surface area contributed by atoms with Gasteiger partial charge < -0.3 is 4.90 Å². The van der Waals surface area contributed by atoms with Crippen LogP contribution in [0, 0.1) is 0 Å². The molecule has 0 atom stereocenters. The molecule has 1 heterocycles. The van der Waals surface area contributed by atoms with Crippen LogP contribution < -0.4 is 4.90 Å². The fourth-order valence-electron chi connectivity index (χ4n) is 2.35. The van der Waals surface area contributed by atoms with Gasteiger partial charge in [0.15, 0.2) is 0 Å². The van der Waals surface area contributed by atoms with E-state index in [0.717, 1.165) is 37.0 Å². The van der Waals surface area contributed by atoms with Gasteiger partial charge in [-0.15, -0.1) is 0 Å². The molecule has 0 saturated carbocycles. The van der Waals surface area contributed by atoms with Crippen LogP contribution >= 0.6 is 24.2 Å². The highest BCUT2D eigenvalue weighted by molar-refractivity contribution is 7.80. The normalized spacial score (nSPS) is 17.1. The summed E-state index contributed by atoms with van der Waals surface area (Å²) >= 11 is 10.3. The Morgan fingerprint density at radius 3 is 2.56 bits per heavy atom. The Bertz CT molecular complexity index is 365. The average Bonchev–Trinajstić information content (AvgIpc) is 2.40. The molecule has 2 nitrogen and oxygen atoms in total. The first-order valence-electron chi connectivity index (χ1n) is 6.63. The highest BCUT2D eigenvalue weighted by Gasteiger charge is 2.16. The Hall–Kier alpha value is -0.380. The zero-order valence-corrected chi connectivity index (χ0v) is 12.3. The highest BCUT2D eigenvalue weighted by Crippen LogP contribution is 2.20. The summed E-state index contributed by atoms with van der Waals surface area (Å²) in [6.07, 6.45) is 2.48. The van der Waals surface area contributed by atoms with E-state index in [1.807, 2.05) is 12.1 Å². The second kappa shape index (κ2) is 7.27. The van der Waals surface area contributed by atoms with Crippen molar-refractivity contribution in [3.8, 4) is 0 Å². The van der Waals surface area contributed by atoms with Gasteiger partial charge in [-0.2, -0.15) is 12.6 Å². The summed E-state index contributed by atoms with van der Waals surface area (Å²) in [6, 6.07) is 8.15. The fourth-order valence-corrected chi connectivity index (χ4v) is 2.76. The molecule has 18 heavy (non-hydrogen) atoms. The molecule has 1 fully saturated rings. The monoisotopic (exact) mass is 284 g/mol. The Labute approximate surface area is 120 Å². The van der Waals surface area contributed by atoms with Gasteiger partial charge in [-0.25, -0.2) is 0 Å². The van der Waals surface area contributed by atoms with E-state index in [2.05, 4.69) is 34.6 Å². The van der Waals surface area contributed by atoms with Crippen molar-refractivity contribution in [1.29, 1.82) is 0 Å². The smallest absolute Gasteiger partial charge is 0.0426 e. The number of rotatable bonds is 5. The van der Waals surface area contributed by atoms with Gasteiger partial charge in [-0.1, -0.05) is 17.7 Å². The molecule has 2 rings (SSSR count). The van der Waals surface area contributed by atoms with Crippen LogP contribution in [0.4, 0.5) is 5.69 Å². The lowest BCUT2D eigenvalue weighted by atomic mass is 10.2. The predicted molar refractivity (Wildman–Crippen MR) is 83.2 cm³/mol. The van der Waals surface area contributed by atoms with Crippen molar-refractivity contribution in [3.05, 3.63) is 29.3 Å². The molecule has 1 aromatic rings. The lowest BCUT2D eigenvalue weighted by molar-refractivity contribution is 0.254. The van der Waals surface area contributed by atoms with E-state index in [9.17, 15) is 0 Å². The zero-order valence-electron chi connectivity index (χ0n) is 10.7. The van der Waals surface area contributed by atoms with Crippen molar-refractivity contribution in [3.63, 3.8) is 0 Å². The van der Waals surface area contributed by atoms with Gasteiger partial charge in [0.25, 0.3) is 0 Å². The molecule has 1 aliphatic rings. The summed E-state index contributed by atoms with van der Waals surface area (Å²) < 4.78 is 0. The minimum Gasteiger partial charge on any atom is -0.369 e. The van der Waals surface area contributed by atoms with Crippen molar-refractivity contribution in [2.45, 2.75) is 12.8 Å². The summed E-state index contributed by atoms with van der Waals surface area (Å²) in [5.41, 5.74) is 1.25. The number of thiol groups is 1. The van der Waals surface area contributed by atoms with Crippen LogP contribution in [0.3, 0.4) is 0 Å². The number of piperazine rings is 1. The molecular weight excluding hydrogens is 264 g/mol. The van der Waals surface area contributed by atoms with Gasteiger partial charge in [0.05, 0.1) is 0 Å². The SMILES string of the molecule is SCCCCN1CCN(c2cccc(Cl)c2)CC1. The molecule has 0 aliphatic carbocycles. The largest absolute Gasteiger partial charge is 0.369 e. The quantitative estimate of drug-likeness (QED) is 0.655. The fraction of sp³-hybridized carbons (Fsp3) is 0.571. The molecule has 0 N–H and O–H groups in total. The summed E-state index contributed by atoms with van der Waals surface area (Å²) in [4.78, 5) is 4.96. The van der Waals surface area contributed by atoms with Gasteiger partial charge >= 0.3 is 0 Å². The van der Waals surface area contributed by atoms with Crippen LogP contribution in [0.2, 0.25) is 5.02 Å². The molecule has 1 aliphatic heterocycles. The summed E-state index contributed by atoms with van der Waals surface area (Å²) in [5.74, 6) is 1.00. The predicted octanol–water partition coefficient (Wildman–Crippen LogP) is 3.17. The van der Waals surface area contributed by atoms with Gasteiger partial charge in [0.2, 0.25) is 0 Å². The Balaban J connectivity index is 1.79. The van der Waals surface area contributed by atoms with Crippen LogP contribution in [0.15, 0.2) is 24.3 Å². The van der Waals surface area contributed by atoms with Crippen molar-refractivity contribution < 1.29 is 0 Å². The number of anilines is 1. The van der Waals surface area contributed by atoms with E-state index in [0.29, 0.717) is 0 Å². The third-order valence-corrected chi connectivity index (χ3v) is 3.98. The molecule has 0 radical (unpaired) electrons. The molecule has 1 saturated heterocycles. The molecule has 1 aromatic carbocycles. The third-order valence-electron chi connectivity index (χ3n) is 3.43. The number of halogens is 1. The maximum absolute atomic E-state index is 6.03. The van der Waals surface area contributed by atoms with E-state index in [4.69, 9.17) is 11.6 Å². The number of hydrogen-bond donors (Lipinski definition) is 1. The van der Waals surface area contributed by atoms with Gasteiger partial charge in [-0.05, 0) is 43.3 Å². The van der Waals surface area contributed by atoms with Crippen LogP contribution in [-0.4, -0.2) is 43.4 Å². The summed E-state index contributed by atoms with van der Waals surface area (Å²) in [7, 11) is 0. The number of unbranched alkanes of at least 4 members (excludes halogenated alkanes) is 1. The Morgan fingerprint density at radius 1 is 1.11 bits per heavy atom. The summed E-state index contributed by atoms with van der Waals surface area (Å²) in [6.45, 7) is 5.71. The topological polar surface area (TPSA) is 6.48 Å². The first-order valence-corrected chi connectivity index (χ1v) is 7.64. The molecule has 0 unspecified atom stereocenters. The minimum absolute atomic E-state index is 0.823. The van der Waals surface area contributed by atoms with Crippen molar-refractivity contribution >= 4 is 29.9 Å². The highest BCUT2D eigenvalue weighted by atomic mass is 35.5. The standard InChI is InChI=1S/C14H21ClN2S/c15-13-4-3-5-14(12-13)17-9-7-16(8-10-17)6-1-2-11-18/h3-5,12,18H,1-2,6-11H2. The summed E-state index contributed by atoms with van der Waals surface area (Å²) in [5, 5.41) is 0.823. The molecule has 0 aromatic heterocycles. The van der Waals surface area contributed by atoms with E-state index < -0.39 is 0 Å². The Morgan fingerprint density at radius 2 is 1.89 bits per heavy atom. The number of benzene rings is 1. The van der Waals surface area contributed by atoms with Crippen LogP contribution in [-0.2, 0) is 0 Å². The molecule has 0 bridgehead atoms. The molecule has 0 spiro atoms. The lowest BCUT2D eigenvalue weighted by Crippen LogP contribution is -2.46. The van der Waals surface area contributed by atoms with Gasteiger partial charge in [0.1, 0.15) is 0 Å². The Kier molecular flexibility index (Phi) is 5.67. The van der Waals surface area contributed by atoms with Crippen molar-refractivity contribution in [2.75, 3.05) is 43.4 Å². The van der Waals surface area contributed by atoms with Crippen LogP contribution in [0.1, 0.15) is 12.8 Å². The maximum atomic E-state index is 6.03. The minimum atomic E-state index is 0.823. The van der Waals surface area contributed by atoms with Gasteiger partial charge in [-0.3, -0.25) is 4.90 Å². The van der Waals surface area contributed by atoms with Crippen molar-refractivity contribution in [2.24, 2.45) is 0 Å². The zero-order chi connectivity index (χ0) is 12.8. The van der Waals surface area contributed by atoms with E-state index in [1.165, 1.54) is 25.1 Å². The van der Waals surface area contributed by atoms with E-state index in [1.54, 1.807) is 0 Å². The molecule has 100 valence electrons. The van der Waals surface area contributed by atoms with E-state index in [-0.39, 0.29) is 0 Å². The van der Waals surface area contributed by atoms with Crippen LogP contribution in [0.25, 0.3) is 0 Å². The third kappa shape index (κ3) is 4.08. The second-order valence-corrected chi connectivity index (χ2v) is 5.62. The average molecular weight is 285 g/mol. The van der Waals surface area contributed by atoms with Crippen molar-refractivity contribution in [1.82, 2.24) is 4.90 Å². The number of nitrogens with zero attached hydrogens (tertiary/aromatic N) is 2. The second-order valence-electron chi connectivity index (χ2n) is 4.74. The van der Waals surface area contributed by atoms with Crippen LogP contribution in [0.5, 0.6) is 0 Å². The first-order chi connectivity index (χ1) is 8.79.